The standard InChI is InChI=1S/C13H17BrN2O4S/c1-20-13(17)9-4-5-12(11(14)7-9)21(18,19)16-6-2-3-10(16)8-15/h4-5,7,10H,2-3,6,8,15H2,1H3. The van der Waals surface area contributed by atoms with Crippen molar-refractivity contribution in [3.8, 4) is 0 Å². The predicted octanol–water partition coefficient (Wildman–Crippen LogP) is 1.35. The molecule has 0 bridgehead atoms. The van der Waals surface area contributed by atoms with Crippen LogP contribution in [0.1, 0.15) is 23.2 Å². The van der Waals surface area contributed by atoms with E-state index in [1.165, 1.54) is 29.6 Å². The van der Waals surface area contributed by atoms with E-state index in [0.29, 0.717) is 23.1 Å². The van der Waals surface area contributed by atoms with Crippen LogP contribution in [-0.4, -0.2) is 44.9 Å². The number of halogens is 1. The van der Waals surface area contributed by atoms with E-state index in [9.17, 15) is 13.2 Å². The fourth-order valence-electron chi connectivity index (χ4n) is 2.44. The highest BCUT2D eigenvalue weighted by molar-refractivity contribution is 9.10. The molecule has 21 heavy (non-hydrogen) atoms. The molecule has 1 aromatic carbocycles. The molecule has 1 aliphatic heterocycles. The van der Waals surface area contributed by atoms with Crippen molar-refractivity contribution in [2.45, 2.75) is 23.8 Å². The topological polar surface area (TPSA) is 89.7 Å². The Morgan fingerprint density at radius 1 is 1.52 bits per heavy atom. The van der Waals surface area contributed by atoms with Crippen molar-refractivity contribution in [3.05, 3.63) is 28.2 Å². The van der Waals surface area contributed by atoms with Crippen molar-refractivity contribution in [1.82, 2.24) is 4.31 Å². The number of nitrogens with zero attached hydrogens (tertiary/aromatic N) is 1. The van der Waals surface area contributed by atoms with Crippen LogP contribution in [0, 0.1) is 0 Å². The van der Waals surface area contributed by atoms with E-state index in [-0.39, 0.29) is 10.9 Å². The SMILES string of the molecule is COC(=O)c1ccc(S(=O)(=O)N2CCCC2CN)c(Br)c1. The molecule has 1 aliphatic rings. The largest absolute Gasteiger partial charge is 0.465 e. The molecule has 2 N–H and O–H groups in total. The van der Waals surface area contributed by atoms with Gasteiger partial charge in [0.25, 0.3) is 0 Å². The smallest absolute Gasteiger partial charge is 0.337 e. The monoisotopic (exact) mass is 376 g/mol. The third-order valence-corrected chi connectivity index (χ3v) is 6.46. The Hall–Kier alpha value is -0.960. The van der Waals surface area contributed by atoms with Crippen molar-refractivity contribution in [2.24, 2.45) is 5.73 Å². The van der Waals surface area contributed by atoms with Crippen LogP contribution in [0.5, 0.6) is 0 Å². The maximum Gasteiger partial charge on any atom is 0.337 e. The summed E-state index contributed by atoms with van der Waals surface area (Å²) in [4.78, 5) is 11.6. The minimum absolute atomic E-state index is 0.135. The molecule has 116 valence electrons. The summed E-state index contributed by atoms with van der Waals surface area (Å²) in [5.41, 5.74) is 5.93. The van der Waals surface area contributed by atoms with E-state index in [0.717, 1.165) is 12.8 Å². The van der Waals surface area contributed by atoms with E-state index in [4.69, 9.17) is 5.73 Å². The number of benzene rings is 1. The molecule has 1 unspecified atom stereocenters. The number of hydrogen-bond donors (Lipinski definition) is 1. The van der Waals surface area contributed by atoms with Gasteiger partial charge in [-0.05, 0) is 47.0 Å². The van der Waals surface area contributed by atoms with Crippen LogP contribution in [0.4, 0.5) is 0 Å². The van der Waals surface area contributed by atoms with Gasteiger partial charge in [-0.25, -0.2) is 13.2 Å². The Balaban J connectivity index is 2.39. The van der Waals surface area contributed by atoms with E-state index >= 15 is 0 Å². The van der Waals surface area contributed by atoms with Crippen molar-refractivity contribution in [3.63, 3.8) is 0 Å². The summed E-state index contributed by atoms with van der Waals surface area (Å²) in [6.45, 7) is 0.770. The van der Waals surface area contributed by atoms with Gasteiger partial charge in [0, 0.05) is 23.6 Å². The van der Waals surface area contributed by atoms with E-state index in [1.54, 1.807) is 0 Å². The summed E-state index contributed by atoms with van der Waals surface area (Å²) >= 11 is 3.22. The molecular formula is C13H17BrN2O4S. The molecule has 2 rings (SSSR count). The number of carbonyl (C=O) groups excluding carboxylic acids is 1. The lowest BCUT2D eigenvalue weighted by Crippen LogP contribution is -2.40. The highest BCUT2D eigenvalue weighted by atomic mass is 79.9. The summed E-state index contributed by atoms with van der Waals surface area (Å²) in [6.07, 6.45) is 1.58. The Morgan fingerprint density at radius 3 is 2.81 bits per heavy atom. The zero-order valence-corrected chi connectivity index (χ0v) is 14.0. The minimum Gasteiger partial charge on any atom is -0.465 e. The molecule has 0 radical (unpaired) electrons. The lowest BCUT2D eigenvalue weighted by Gasteiger charge is -2.23. The van der Waals surface area contributed by atoms with Gasteiger partial charge < -0.3 is 10.5 Å². The Kier molecular flexibility index (Phi) is 5.03. The molecule has 0 aromatic heterocycles. The lowest BCUT2D eigenvalue weighted by atomic mass is 10.2. The van der Waals surface area contributed by atoms with E-state index < -0.39 is 16.0 Å². The van der Waals surface area contributed by atoms with Crippen LogP contribution in [0.3, 0.4) is 0 Å². The van der Waals surface area contributed by atoms with Gasteiger partial charge in [0.15, 0.2) is 0 Å². The average Bonchev–Trinajstić information content (AvgIpc) is 2.95. The van der Waals surface area contributed by atoms with Crippen LogP contribution >= 0.6 is 15.9 Å². The molecule has 1 aromatic rings. The molecular weight excluding hydrogens is 360 g/mol. The van der Waals surface area contributed by atoms with Gasteiger partial charge in [0.05, 0.1) is 17.6 Å². The minimum atomic E-state index is -3.63. The number of esters is 1. The highest BCUT2D eigenvalue weighted by Crippen LogP contribution is 2.30. The number of sulfonamides is 1. The second-order valence-electron chi connectivity index (χ2n) is 4.78. The molecule has 0 saturated carbocycles. The lowest BCUT2D eigenvalue weighted by molar-refractivity contribution is 0.0600. The summed E-state index contributed by atoms with van der Waals surface area (Å²) in [6, 6.07) is 4.14. The Bertz CT molecular complexity index is 648. The van der Waals surface area contributed by atoms with Gasteiger partial charge in [-0.2, -0.15) is 4.31 Å². The summed E-state index contributed by atoms with van der Waals surface area (Å²) < 4.78 is 31.8. The maximum atomic E-state index is 12.7. The van der Waals surface area contributed by atoms with Gasteiger partial charge in [0.2, 0.25) is 10.0 Å². The molecule has 0 spiro atoms. The molecule has 6 nitrogen and oxygen atoms in total. The van der Waals surface area contributed by atoms with Crippen LogP contribution in [0.2, 0.25) is 0 Å². The van der Waals surface area contributed by atoms with Crippen LogP contribution < -0.4 is 5.73 Å². The molecule has 0 aliphatic carbocycles. The molecule has 8 heteroatoms. The fourth-order valence-corrected chi connectivity index (χ4v) is 5.19. The quantitative estimate of drug-likeness (QED) is 0.800. The van der Waals surface area contributed by atoms with E-state index in [1.807, 2.05) is 0 Å². The first-order chi connectivity index (χ1) is 9.91. The first-order valence-electron chi connectivity index (χ1n) is 6.51. The van der Waals surface area contributed by atoms with Crippen molar-refractivity contribution < 1.29 is 17.9 Å². The molecule has 1 atom stereocenters. The van der Waals surface area contributed by atoms with Crippen molar-refractivity contribution >= 4 is 31.9 Å². The Morgan fingerprint density at radius 2 is 2.24 bits per heavy atom. The van der Waals surface area contributed by atoms with Gasteiger partial charge >= 0.3 is 5.97 Å². The van der Waals surface area contributed by atoms with Crippen LogP contribution in [-0.2, 0) is 14.8 Å². The van der Waals surface area contributed by atoms with Gasteiger partial charge in [-0.1, -0.05) is 0 Å². The normalized spacial score (nSPS) is 19.7. The number of carbonyl (C=O) groups is 1. The number of methoxy groups -OCH3 is 1. The zero-order chi connectivity index (χ0) is 15.6. The molecule has 1 saturated heterocycles. The average molecular weight is 377 g/mol. The van der Waals surface area contributed by atoms with Crippen molar-refractivity contribution in [2.75, 3.05) is 20.2 Å². The first kappa shape index (κ1) is 16.4. The third kappa shape index (κ3) is 3.13. The maximum absolute atomic E-state index is 12.7. The second kappa shape index (κ2) is 6.43. The molecule has 1 heterocycles. The number of rotatable bonds is 4. The summed E-state index contributed by atoms with van der Waals surface area (Å²) in [5, 5.41) is 0. The zero-order valence-electron chi connectivity index (χ0n) is 11.6. The van der Waals surface area contributed by atoms with Crippen LogP contribution in [0.15, 0.2) is 27.6 Å². The summed E-state index contributed by atoms with van der Waals surface area (Å²) in [7, 11) is -2.35. The molecule has 1 fully saturated rings. The second-order valence-corrected chi connectivity index (χ2v) is 7.50. The number of nitrogens with two attached hydrogens (primary N) is 1. The van der Waals surface area contributed by atoms with Gasteiger partial charge in [0.1, 0.15) is 0 Å². The van der Waals surface area contributed by atoms with Crippen LogP contribution in [0.25, 0.3) is 0 Å². The Labute approximate surface area is 132 Å². The summed E-state index contributed by atoms with van der Waals surface area (Å²) in [5.74, 6) is -0.513. The first-order valence-corrected chi connectivity index (χ1v) is 8.75. The predicted molar refractivity (Wildman–Crippen MR) is 81.4 cm³/mol. The third-order valence-electron chi connectivity index (χ3n) is 3.53. The number of ether oxygens (including phenoxy) is 1. The molecule has 0 amide bonds. The van der Waals surface area contributed by atoms with Gasteiger partial charge in [-0.3, -0.25) is 0 Å². The van der Waals surface area contributed by atoms with E-state index in [2.05, 4.69) is 20.7 Å². The van der Waals surface area contributed by atoms with Crippen molar-refractivity contribution in [1.29, 1.82) is 0 Å². The fraction of sp³-hybridized carbons (Fsp3) is 0.462. The highest BCUT2D eigenvalue weighted by Gasteiger charge is 2.35. The number of hydrogen-bond acceptors (Lipinski definition) is 5. The van der Waals surface area contributed by atoms with Gasteiger partial charge in [-0.15, -0.1) is 0 Å².